The van der Waals surface area contributed by atoms with Crippen LogP contribution in [0.25, 0.3) is 0 Å². The van der Waals surface area contributed by atoms with Crippen LogP contribution in [0.15, 0.2) is 59.6 Å². The van der Waals surface area contributed by atoms with Crippen molar-refractivity contribution in [3.63, 3.8) is 0 Å². The van der Waals surface area contributed by atoms with Gasteiger partial charge >= 0.3 is 0 Å². The van der Waals surface area contributed by atoms with Crippen molar-refractivity contribution in [3.05, 3.63) is 77.2 Å². The van der Waals surface area contributed by atoms with Gasteiger partial charge in [-0.1, -0.05) is 66.7 Å². The second kappa shape index (κ2) is 13.8. The lowest BCUT2D eigenvalue weighted by molar-refractivity contribution is 0.103. The molecule has 1 aromatic carbocycles. The Labute approximate surface area is 210 Å². The summed E-state index contributed by atoms with van der Waals surface area (Å²) < 4.78 is 2.09. The summed E-state index contributed by atoms with van der Waals surface area (Å²) >= 11 is 1.60. The first kappa shape index (κ1) is 29.2. The molecule has 184 valence electrons. The van der Waals surface area contributed by atoms with Gasteiger partial charge in [-0.3, -0.25) is 9.78 Å². The number of nitrogen functional groups attached to an aromatic ring is 1. The first-order valence-electron chi connectivity index (χ1n) is 12.0. The molecular weight excluding hydrogens is 440 g/mol. The third-order valence-corrected chi connectivity index (χ3v) is 5.87. The fraction of sp³-hybridized carbons (Fsp3) is 0.393. The first-order chi connectivity index (χ1) is 16.2. The van der Waals surface area contributed by atoms with E-state index in [1.807, 2.05) is 40.7 Å². The van der Waals surface area contributed by atoms with Crippen LogP contribution in [0.1, 0.15) is 82.7 Å². The molecular formula is C28H40N4OS. The monoisotopic (exact) mass is 480 g/mol. The average Bonchev–Trinajstić information content (AvgIpc) is 2.84. The van der Waals surface area contributed by atoms with E-state index in [-0.39, 0.29) is 11.2 Å². The molecule has 0 aliphatic rings. The lowest BCUT2D eigenvalue weighted by Gasteiger charge is -2.24. The number of hydrogen-bond donors (Lipinski definition) is 1. The van der Waals surface area contributed by atoms with E-state index in [9.17, 15) is 4.79 Å². The molecule has 0 fully saturated rings. The molecule has 0 aliphatic heterocycles. The van der Waals surface area contributed by atoms with E-state index in [1.54, 1.807) is 36.3 Å². The Kier molecular flexibility index (Phi) is 11.8. The van der Waals surface area contributed by atoms with Crippen LogP contribution in [0.3, 0.4) is 0 Å². The molecule has 0 spiro atoms. The van der Waals surface area contributed by atoms with Crippen LogP contribution in [0.5, 0.6) is 0 Å². The van der Waals surface area contributed by atoms with Gasteiger partial charge in [-0.25, -0.2) is 4.98 Å². The van der Waals surface area contributed by atoms with E-state index < -0.39 is 0 Å². The van der Waals surface area contributed by atoms with Crippen molar-refractivity contribution in [3.8, 4) is 0 Å². The van der Waals surface area contributed by atoms with Crippen LogP contribution in [0, 0.1) is 6.92 Å². The minimum absolute atomic E-state index is 0.109. The predicted molar refractivity (Wildman–Crippen MR) is 148 cm³/mol. The van der Waals surface area contributed by atoms with Crippen LogP contribution < -0.4 is 10.0 Å². The Bertz CT molecular complexity index is 1040. The minimum Gasteiger partial charge on any atom is -0.384 e. The average molecular weight is 481 g/mol. The molecule has 0 saturated heterocycles. The number of nitrogens with two attached hydrogens (primary N) is 1. The van der Waals surface area contributed by atoms with Gasteiger partial charge in [-0.15, -0.1) is 0 Å². The molecule has 34 heavy (non-hydrogen) atoms. The molecule has 2 heterocycles. The van der Waals surface area contributed by atoms with E-state index in [0.717, 1.165) is 16.1 Å². The fourth-order valence-electron chi connectivity index (χ4n) is 3.05. The molecule has 0 aliphatic carbocycles. The van der Waals surface area contributed by atoms with Crippen molar-refractivity contribution in [1.29, 1.82) is 0 Å². The molecule has 0 bridgehead atoms. The van der Waals surface area contributed by atoms with Gasteiger partial charge in [-0.2, -0.15) is 0 Å². The van der Waals surface area contributed by atoms with E-state index in [4.69, 9.17) is 5.73 Å². The Morgan fingerprint density at radius 2 is 1.65 bits per heavy atom. The number of pyridine rings is 2. The molecule has 2 aromatic heterocycles. The molecule has 3 rings (SSSR count). The van der Waals surface area contributed by atoms with Crippen molar-refractivity contribution in [1.82, 2.24) is 9.97 Å². The van der Waals surface area contributed by atoms with Gasteiger partial charge in [0, 0.05) is 17.6 Å². The van der Waals surface area contributed by atoms with E-state index in [2.05, 4.69) is 66.2 Å². The minimum atomic E-state index is -0.237. The van der Waals surface area contributed by atoms with Gasteiger partial charge in [0.2, 0.25) is 5.78 Å². The Balaban J connectivity index is 0.00000137. The highest BCUT2D eigenvalue weighted by molar-refractivity contribution is 8.00. The number of nitrogens with zero attached hydrogens (tertiary/aromatic N) is 3. The quantitative estimate of drug-likeness (QED) is 0.291. The summed E-state index contributed by atoms with van der Waals surface area (Å²) in [6, 6.07) is 15.6. The lowest BCUT2D eigenvalue weighted by Crippen LogP contribution is -2.19. The molecule has 5 nitrogen and oxygen atoms in total. The standard InChI is InChI=1S/C24H28N4OS.2C2H6/c1-6-28(30-18-12-10-17(11-13-18)24(3,4)5)20-14-16(2)15-26-22(20)23(29)19-8-7-9-21(25)27-19;2*1-2/h7-15H,6H2,1-5H3,(H2,25,27);2*1-2H3. The number of rotatable bonds is 6. The van der Waals surface area contributed by atoms with Crippen molar-refractivity contribution in [2.24, 2.45) is 0 Å². The number of carbonyl (C=O) groups is 1. The smallest absolute Gasteiger partial charge is 0.231 e. The van der Waals surface area contributed by atoms with Crippen LogP contribution in [0.4, 0.5) is 11.5 Å². The maximum Gasteiger partial charge on any atom is 0.231 e. The van der Waals surface area contributed by atoms with E-state index >= 15 is 0 Å². The van der Waals surface area contributed by atoms with Crippen molar-refractivity contribution >= 4 is 29.2 Å². The zero-order chi connectivity index (χ0) is 25.9. The summed E-state index contributed by atoms with van der Waals surface area (Å²) in [6.07, 6.45) is 1.71. The summed E-state index contributed by atoms with van der Waals surface area (Å²) in [5.41, 5.74) is 9.60. The van der Waals surface area contributed by atoms with Crippen LogP contribution in [0.2, 0.25) is 0 Å². The maximum absolute atomic E-state index is 13.1. The maximum atomic E-state index is 13.1. The second-order valence-electron chi connectivity index (χ2n) is 8.22. The van der Waals surface area contributed by atoms with Crippen LogP contribution in [-0.2, 0) is 5.41 Å². The summed E-state index contributed by atoms with van der Waals surface area (Å²) in [5.74, 6) is 0.0783. The van der Waals surface area contributed by atoms with Gasteiger partial charge in [0.15, 0.2) is 0 Å². The number of aryl methyl sites for hydroxylation is 1. The summed E-state index contributed by atoms with van der Waals surface area (Å²) in [5, 5.41) is 0. The van der Waals surface area contributed by atoms with Crippen LogP contribution >= 0.6 is 11.9 Å². The fourth-order valence-corrected chi connectivity index (χ4v) is 3.92. The molecule has 3 aromatic rings. The predicted octanol–water partition coefficient (Wildman–Crippen LogP) is 7.48. The Hall–Kier alpha value is -2.86. The second-order valence-corrected chi connectivity index (χ2v) is 9.31. The topological polar surface area (TPSA) is 72.1 Å². The van der Waals surface area contributed by atoms with Crippen molar-refractivity contribution < 1.29 is 4.79 Å². The van der Waals surface area contributed by atoms with E-state index in [0.29, 0.717) is 23.8 Å². The van der Waals surface area contributed by atoms with Gasteiger partial charge in [0.05, 0.1) is 5.69 Å². The number of anilines is 2. The zero-order valence-electron chi connectivity index (χ0n) is 22.1. The summed E-state index contributed by atoms with van der Waals surface area (Å²) in [4.78, 5) is 22.9. The SMILES string of the molecule is CC.CC.CCN(Sc1ccc(C(C)(C)C)cc1)c1cc(C)cnc1C(=O)c1cccc(N)n1. The molecule has 2 N–H and O–H groups in total. The number of carbonyl (C=O) groups excluding carboxylic acids is 1. The highest BCUT2D eigenvalue weighted by Gasteiger charge is 2.22. The third kappa shape index (κ3) is 7.87. The first-order valence-corrected chi connectivity index (χ1v) is 12.8. The number of hydrogen-bond acceptors (Lipinski definition) is 6. The highest BCUT2D eigenvalue weighted by atomic mass is 32.2. The third-order valence-electron chi connectivity index (χ3n) is 4.71. The van der Waals surface area contributed by atoms with Crippen LogP contribution in [-0.4, -0.2) is 22.3 Å². The number of ketones is 1. The normalized spacial score (nSPS) is 10.4. The Morgan fingerprint density at radius 1 is 1.03 bits per heavy atom. The molecule has 0 atom stereocenters. The zero-order valence-corrected chi connectivity index (χ0v) is 23.0. The largest absolute Gasteiger partial charge is 0.384 e. The van der Waals surface area contributed by atoms with Gasteiger partial charge in [0.25, 0.3) is 0 Å². The molecule has 0 unspecified atom stereocenters. The summed E-state index contributed by atoms with van der Waals surface area (Å²) in [7, 11) is 0. The highest BCUT2D eigenvalue weighted by Crippen LogP contribution is 2.33. The number of aromatic nitrogens is 2. The molecule has 0 radical (unpaired) electrons. The lowest BCUT2D eigenvalue weighted by atomic mass is 9.87. The molecule has 0 saturated carbocycles. The van der Waals surface area contributed by atoms with Gasteiger partial charge < -0.3 is 10.0 Å². The van der Waals surface area contributed by atoms with Gasteiger partial charge in [0.1, 0.15) is 17.2 Å². The molecule has 6 heteroatoms. The van der Waals surface area contributed by atoms with Gasteiger partial charge in [-0.05, 0) is 72.7 Å². The Morgan fingerprint density at radius 3 is 2.18 bits per heavy atom. The number of benzene rings is 1. The van der Waals surface area contributed by atoms with Crippen molar-refractivity contribution in [2.45, 2.75) is 72.6 Å². The van der Waals surface area contributed by atoms with Crippen molar-refractivity contribution in [2.75, 3.05) is 16.6 Å². The van der Waals surface area contributed by atoms with E-state index in [1.165, 1.54) is 5.56 Å². The summed E-state index contributed by atoms with van der Waals surface area (Å²) in [6.45, 7) is 19.4. The molecule has 0 amide bonds.